The van der Waals surface area contributed by atoms with Gasteiger partial charge in [-0.1, -0.05) is 11.6 Å². The van der Waals surface area contributed by atoms with E-state index in [4.69, 9.17) is 11.6 Å². The van der Waals surface area contributed by atoms with Crippen molar-refractivity contribution in [2.24, 2.45) is 0 Å². The van der Waals surface area contributed by atoms with Gasteiger partial charge in [-0.3, -0.25) is 4.79 Å². The first-order valence-electron chi connectivity index (χ1n) is 5.80. The van der Waals surface area contributed by atoms with E-state index in [-0.39, 0.29) is 5.91 Å². The molecule has 1 fully saturated rings. The van der Waals surface area contributed by atoms with Gasteiger partial charge in [0.05, 0.1) is 10.6 Å². The maximum atomic E-state index is 12.2. The molecule has 1 saturated carbocycles. The molecule has 5 heteroatoms. The van der Waals surface area contributed by atoms with Crippen LogP contribution < -0.4 is 5.32 Å². The molecular weight excluding hydrogens is 238 g/mol. The first-order valence-corrected chi connectivity index (χ1v) is 6.18. The lowest BCUT2D eigenvalue weighted by molar-refractivity contribution is 0.0785. The number of hydrogen-bond acceptors (Lipinski definition) is 3. The summed E-state index contributed by atoms with van der Waals surface area (Å²) in [5, 5.41) is 3.48. The summed E-state index contributed by atoms with van der Waals surface area (Å²) >= 11 is 6.02. The Hall–Kier alpha value is -1.29. The largest absolute Gasteiger partial charge is 0.370 e. The number of pyridine rings is 1. The highest BCUT2D eigenvalue weighted by Gasteiger charge is 2.31. The predicted octanol–water partition coefficient (Wildman–Crippen LogP) is 2.40. The third-order valence-corrected chi connectivity index (χ3v) is 3.16. The highest BCUT2D eigenvalue weighted by Crippen LogP contribution is 2.28. The fourth-order valence-electron chi connectivity index (χ4n) is 1.70. The van der Waals surface area contributed by atoms with Gasteiger partial charge < -0.3 is 10.2 Å². The Morgan fingerprint density at radius 2 is 2.35 bits per heavy atom. The van der Waals surface area contributed by atoms with Crippen LogP contribution in [0.15, 0.2) is 12.3 Å². The summed E-state index contributed by atoms with van der Waals surface area (Å²) in [5.41, 5.74) is 0.520. The summed E-state index contributed by atoms with van der Waals surface area (Å²) in [7, 11) is 1.82. The van der Waals surface area contributed by atoms with E-state index in [0.29, 0.717) is 22.4 Å². The minimum atomic E-state index is -0.0287. The van der Waals surface area contributed by atoms with Crippen LogP contribution >= 0.6 is 11.6 Å². The molecule has 2 rings (SSSR count). The molecule has 92 valence electrons. The number of anilines is 1. The molecule has 1 aromatic heterocycles. The van der Waals surface area contributed by atoms with Gasteiger partial charge in [0.2, 0.25) is 0 Å². The molecule has 0 spiro atoms. The predicted molar refractivity (Wildman–Crippen MR) is 68.5 cm³/mol. The molecule has 1 heterocycles. The molecule has 1 amide bonds. The minimum absolute atomic E-state index is 0.0287. The topological polar surface area (TPSA) is 45.2 Å². The standard InChI is InChI=1S/C12H16ClN3O/c1-3-14-11-6-9(10(13)7-15-11)12(17)16(2)8-4-5-8/h6-8H,3-5H2,1-2H3,(H,14,15). The van der Waals surface area contributed by atoms with E-state index in [1.807, 2.05) is 14.0 Å². The van der Waals surface area contributed by atoms with Gasteiger partial charge in [0.1, 0.15) is 5.82 Å². The van der Waals surface area contributed by atoms with E-state index in [1.54, 1.807) is 11.0 Å². The van der Waals surface area contributed by atoms with Crippen LogP contribution in [0.4, 0.5) is 5.82 Å². The summed E-state index contributed by atoms with van der Waals surface area (Å²) < 4.78 is 0. The van der Waals surface area contributed by atoms with E-state index in [9.17, 15) is 4.79 Å². The Kier molecular flexibility index (Phi) is 3.52. The van der Waals surface area contributed by atoms with E-state index in [1.165, 1.54) is 6.20 Å². The third kappa shape index (κ3) is 2.69. The minimum Gasteiger partial charge on any atom is -0.370 e. The molecule has 4 nitrogen and oxygen atoms in total. The zero-order valence-electron chi connectivity index (χ0n) is 10.0. The molecule has 0 radical (unpaired) electrons. The van der Waals surface area contributed by atoms with Crippen molar-refractivity contribution in [2.75, 3.05) is 18.9 Å². The normalized spacial score (nSPS) is 14.5. The number of aromatic nitrogens is 1. The van der Waals surface area contributed by atoms with E-state index < -0.39 is 0 Å². The van der Waals surface area contributed by atoms with Gasteiger partial charge in [0, 0.05) is 25.8 Å². The molecule has 0 aromatic carbocycles. The molecule has 1 aliphatic carbocycles. The Morgan fingerprint density at radius 1 is 1.65 bits per heavy atom. The van der Waals surface area contributed by atoms with Crippen LogP contribution in [-0.2, 0) is 0 Å². The Morgan fingerprint density at radius 3 is 2.94 bits per heavy atom. The molecule has 0 saturated heterocycles. The van der Waals surface area contributed by atoms with Crippen LogP contribution in [-0.4, -0.2) is 35.4 Å². The Bertz CT molecular complexity index is 432. The van der Waals surface area contributed by atoms with Crippen LogP contribution in [0.5, 0.6) is 0 Å². The van der Waals surface area contributed by atoms with Crippen LogP contribution in [0.1, 0.15) is 30.1 Å². The lowest BCUT2D eigenvalue weighted by atomic mass is 10.2. The van der Waals surface area contributed by atoms with Gasteiger partial charge >= 0.3 is 0 Å². The van der Waals surface area contributed by atoms with Gasteiger partial charge in [-0.05, 0) is 25.8 Å². The number of rotatable bonds is 4. The van der Waals surface area contributed by atoms with Gasteiger partial charge in [-0.25, -0.2) is 4.98 Å². The van der Waals surface area contributed by atoms with Gasteiger partial charge in [-0.2, -0.15) is 0 Å². The quantitative estimate of drug-likeness (QED) is 0.896. The maximum Gasteiger partial charge on any atom is 0.255 e. The molecule has 0 unspecified atom stereocenters. The Balaban J connectivity index is 2.23. The lowest BCUT2D eigenvalue weighted by Gasteiger charge is -2.17. The van der Waals surface area contributed by atoms with Crippen molar-refractivity contribution in [1.82, 2.24) is 9.88 Å². The second kappa shape index (κ2) is 4.92. The number of nitrogens with zero attached hydrogens (tertiary/aromatic N) is 2. The fourth-order valence-corrected chi connectivity index (χ4v) is 1.88. The van der Waals surface area contributed by atoms with Crippen LogP contribution in [0.25, 0.3) is 0 Å². The van der Waals surface area contributed by atoms with Gasteiger partial charge in [0.15, 0.2) is 0 Å². The summed E-state index contributed by atoms with van der Waals surface area (Å²) in [6, 6.07) is 2.10. The maximum absolute atomic E-state index is 12.2. The van der Waals surface area contributed by atoms with Gasteiger partial charge in [-0.15, -0.1) is 0 Å². The third-order valence-electron chi connectivity index (χ3n) is 2.86. The number of nitrogens with one attached hydrogen (secondary N) is 1. The fraction of sp³-hybridized carbons (Fsp3) is 0.500. The summed E-state index contributed by atoms with van der Waals surface area (Å²) in [4.78, 5) is 18.1. The van der Waals surface area contributed by atoms with E-state index >= 15 is 0 Å². The van der Waals surface area contributed by atoms with Crippen LogP contribution in [0, 0.1) is 0 Å². The van der Waals surface area contributed by atoms with Crippen molar-refractivity contribution in [1.29, 1.82) is 0 Å². The highest BCUT2D eigenvalue weighted by atomic mass is 35.5. The molecule has 0 aliphatic heterocycles. The average Bonchev–Trinajstić information content (AvgIpc) is 3.14. The monoisotopic (exact) mass is 253 g/mol. The number of carbonyl (C=O) groups excluding carboxylic acids is 1. The molecular formula is C12H16ClN3O. The van der Waals surface area contributed by atoms with Crippen LogP contribution in [0.2, 0.25) is 5.02 Å². The van der Waals surface area contributed by atoms with E-state index in [0.717, 1.165) is 19.4 Å². The summed E-state index contributed by atoms with van der Waals surface area (Å²) in [6.07, 6.45) is 3.70. The molecule has 1 aromatic rings. The summed E-state index contributed by atoms with van der Waals surface area (Å²) in [5.74, 6) is 0.656. The number of carbonyl (C=O) groups is 1. The molecule has 1 aliphatic rings. The van der Waals surface area contributed by atoms with Gasteiger partial charge in [0.25, 0.3) is 5.91 Å². The molecule has 0 atom stereocenters. The van der Waals surface area contributed by atoms with Crippen molar-refractivity contribution < 1.29 is 4.79 Å². The smallest absolute Gasteiger partial charge is 0.255 e. The number of hydrogen-bond donors (Lipinski definition) is 1. The first kappa shape index (κ1) is 12.2. The highest BCUT2D eigenvalue weighted by molar-refractivity contribution is 6.33. The number of halogens is 1. The molecule has 0 bridgehead atoms. The number of amides is 1. The zero-order valence-corrected chi connectivity index (χ0v) is 10.8. The Labute approximate surface area is 106 Å². The van der Waals surface area contributed by atoms with Crippen molar-refractivity contribution in [2.45, 2.75) is 25.8 Å². The van der Waals surface area contributed by atoms with Crippen molar-refractivity contribution in [3.63, 3.8) is 0 Å². The van der Waals surface area contributed by atoms with Crippen molar-refractivity contribution in [3.8, 4) is 0 Å². The molecule has 1 N–H and O–H groups in total. The van der Waals surface area contributed by atoms with Crippen molar-refractivity contribution >= 4 is 23.3 Å². The second-order valence-electron chi connectivity index (χ2n) is 4.23. The second-order valence-corrected chi connectivity index (χ2v) is 4.63. The zero-order chi connectivity index (χ0) is 12.4. The van der Waals surface area contributed by atoms with Crippen LogP contribution in [0.3, 0.4) is 0 Å². The average molecular weight is 254 g/mol. The lowest BCUT2D eigenvalue weighted by Crippen LogP contribution is -2.29. The summed E-state index contributed by atoms with van der Waals surface area (Å²) in [6.45, 7) is 2.74. The first-order chi connectivity index (χ1) is 8.13. The van der Waals surface area contributed by atoms with Crippen molar-refractivity contribution in [3.05, 3.63) is 22.8 Å². The van der Waals surface area contributed by atoms with E-state index in [2.05, 4.69) is 10.3 Å². The SMILES string of the molecule is CCNc1cc(C(=O)N(C)C2CC2)c(Cl)cn1. The molecule has 17 heavy (non-hydrogen) atoms.